The second-order valence-corrected chi connectivity index (χ2v) is 5.55. The summed E-state index contributed by atoms with van der Waals surface area (Å²) in [6.07, 6.45) is 0. The number of rotatable bonds is 3. The molecule has 19 heavy (non-hydrogen) atoms. The second-order valence-electron chi connectivity index (χ2n) is 4.23. The van der Waals surface area contributed by atoms with Gasteiger partial charge >= 0.3 is 0 Å². The molecule has 1 atom stereocenters. The molecule has 0 bridgehead atoms. The highest BCUT2D eigenvalue weighted by atomic mass is 79.9. The molecule has 0 aliphatic rings. The predicted octanol–water partition coefficient (Wildman–Crippen LogP) is 4.59. The number of carbonyl (C=O) groups excluding carboxylic acids is 1. The fourth-order valence-corrected chi connectivity index (χ4v) is 2.51. The van der Waals surface area contributed by atoms with Crippen LogP contribution in [-0.2, 0) is 0 Å². The van der Waals surface area contributed by atoms with E-state index in [4.69, 9.17) is 11.6 Å². The molecule has 0 saturated carbocycles. The Morgan fingerprint density at radius 2 is 1.95 bits per heavy atom. The van der Waals surface area contributed by atoms with E-state index in [0.717, 1.165) is 10.0 Å². The lowest BCUT2D eigenvalue weighted by Crippen LogP contribution is -2.26. The maximum absolute atomic E-state index is 12.1. The summed E-state index contributed by atoms with van der Waals surface area (Å²) in [5.41, 5.74) is 1.53. The first-order chi connectivity index (χ1) is 9.08. The Balaban J connectivity index is 2.13. The second kappa shape index (κ2) is 6.22. The summed E-state index contributed by atoms with van der Waals surface area (Å²) in [5, 5.41) is 3.59. The van der Waals surface area contributed by atoms with Crippen LogP contribution in [0.4, 0.5) is 0 Å². The standard InChI is InChI=1S/C15H13BrClNO/c1-10(13-7-2-3-8-14(13)17)18-15(19)11-5-4-6-12(16)9-11/h2-10H,1H3,(H,18,19). The molecule has 0 fully saturated rings. The summed E-state index contributed by atoms with van der Waals surface area (Å²) < 4.78 is 0.880. The number of hydrogen-bond acceptors (Lipinski definition) is 1. The van der Waals surface area contributed by atoms with E-state index >= 15 is 0 Å². The largest absolute Gasteiger partial charge is 0.345 e. The van der Waals surface area contributed by atoms with Gasteiger partial charge in [-0.2, -0.15) is 0 Å². The Hall–Kier alpha value is -1.32. The number of hydrogen-bond donors (Lipinski definition) is 1. The first kappa shape index (κ1) is 14.1. The third-order valence-corrected chi connectivity index (χ3v) is 3.64. The first-order valence-electron chi connectivity index (χ1n) is 5.89. The topological polar surface area (TPSA) is 29.1 Å². The summed E-state index contributed by atoms with van der Waals surface area (Å²) >= 11 is 9.47. The number of halogens is 2. The van der Waals surface area contributed by atoms with E-state index in [2.05, 4.69) is 21.2 Å². The van der Waals surface area contributed by atoms with E-state index in [0.29, 0.717) is 10.6 Å². The predicted molar refractivity (Wildman–Crippen MR) is 81.5 cm³/mol. The molecule has 0 aromatic heterocycles. The van der Waals surface area contributed by atoms with Crippen molar-refractivity contribution in [3.05, 3.63) is 69.2 Å². The number of amides is 1. The van der Waals surface area contributed by atoms with Crippen LogP contribution in [0.5, 0.6) is 0 Å². The minimum Gasteiger partial charge on any atom is -0.345 e. The molecule has 98 valence electrons. The average Bonchev–Trinajstić information content (AvgIpc) is 2.39. The highest BCUT2D eigenvalue weighted by Crippen LogP contribution is 2.22. The summed E-state index contributed by atoms with van der Waals surface area (Å²) in [6, 6.07) is 14.6. The smallest absolute Gasteiger partial charge is 0.251 e. The molecular formula is C15H13BrClNO. The number of nitrogens with one attached hydrogen (secondary N) is 1. The Morgan fingerprint density at radius 3 is 2.63 bits per heavy atom. The third-order valence-electron chi connectivity index (χ3n) is 2.81. The van der Waals surface area contributed by atoms with Crippen molar-refractivity contribution in [2.24, 2.45) is 0 Å². The molecule has 1 N–H and O–H groups in total. The fourth-order valence-electron chi connectivity index (χ4n) is 1.81. The van der Waals surface area contributed by atoms with Crippen LogP contribution in [0.3, 0.4) is 0 Å². The molecule has 0 aliphatic heterocycles. The van der Waals surface area contributed by atoms with Crippen LogP contribution in [0.15, 0.2) is 53.0 Å². The normalized spacial score (nSPS) is 11.9. The minimum atomic E-state index is -0.139. The molecule has 0 spiro atoms. The van der Waals surface area contributed by atoms with Gasteiger partial charge in [0.1, 0.15) is 0 Å². The lowest BCUT2D eigenvalue weighted by atomic mass is 10.1. The van der Waals surface area contributed by atoms with Crippen molar-refractivity contribution in [1.82, 2.24) is 5.32 Å². The van der Waals surface area contributed by atoms with E-state index in [9.17, 15) is 4.79 Å². The molecule has 1 unspecified atom stereocenters. The van der Waals surface area contributed by atoms with Crippen LogP contribution in [0, 0.1) is 0 Å². The van der Waals surface area contributed by atoms with E-state index in [-0.39, 0.29) is 11.9 Å². The number of benzene rings is 2. The van der Waals surface area contributed by atoms with Crippen LogP contribution < -0.4 is 5.32 Å². The van der Waals surface area contributed by atoms with Crippen LogP contribution in [0.25, 0.3) is 0 Å². The van der Waals surface area contributed by atoms with Crippen molar-refractivity contribution >= 4 is 33.4 Å². The summed E-state index contributed by atoms with van der Waals surface area (Å²) in [6.45, 7) is 1.91. The van der Waals surface area contributed by atoms with Gasteiger partial charge in [0.2, 0.25) is 0 Å². The van der Waals surface area contributed by atoms with Gasteiger partial charge in [-0.25, -0.2) is 0 Å². The summed E-state index contributed by atoms with van der Waals surface area (Å²) in [7, 11) is 0. The molecule has 2 aromatic rings. The summed E-state index contributed by atoms with van der Waals surface area (Å²) in [4.78, 5) is 12.1. The van der Waals surface area contributed by atoms with E-state index < -0.39 is 0 Å². The van der Waals surface area contributed by atoms with Crippen molar-refractivity contribution in [3.8, 4) is 0 Å². The number of carbonyl (C=O) groups is 1. The Morgan fingerprint density at radius 1 is 1.21 bits per heavy atom. The Labute approximate surface area is 125 Å². The van der Waals surface area contributed by atoms with Crippen molar-refractivity contribution in [2.45, 2.75) is 13.0 Å². The van der Waals surface area contributed by atoms with E-state index in [1.807, 2.05) is 43.3 Å². The molecule has 0 saturated heterocycles. The molecule has 2 aromatic carbocycles. The zero-order valence-corrected chi connectivity index (χ0v) is 12.7. The van der Waals surface area contributed by atoms with Crippen LogP contribution >= 0.6 is 27.5 Å². The molecule has 0 aliphatic carbocycles. The van der Waals surface area contributed by atoms with Gasteiger partial charge in [-0.1, -0.05) is 51.8 Å². The van der Waals surface area contributed by atoms with Gasteiger partial charge in [-0.05, 0) is 36.8 Å². The maximum Gasteiger partial charge on any atom is 0.251 e. The zero-order valence-electron chi connectivity index (χ0n) is 10.4. The molecule has 0 radical (unpaired) electrons. The van der Waals surface area contributed by atoms with Crippen LogP contribution in [0.1, 0.15) is 28.9 Å². The average molecular weight is 339 g/mol. The van der Waals surface area contributed by atoms with Gasteiger partial charge in [-0.15, -0.1) is 0 Å². The van der Waals surface area contributed by atoms with Crippen molar-refractivity contribution in [3.63, 3.8) is 0 Å². The molecule has 0 heterocycles. The lowest BCUT2D eigenvalue weighted by Gasteiger charge is -2.15. The highest BCUT2D eigenvalue weighted by molar-refractivity contribution is 9.10. The Kier molecular flexibility index (Phi) is 4.61. The van der Waals surface area contributed by atoms with E-state index in [1.165, 1.54) is 0 Å². The van der Waals surface area contributed by atoms with Gasteiger partial charge in [-0.3, -0.25) is 4.79 Å². The van der Waals surface area contributed by atoms with Gasteiger partial charge < -0.3 is 5.32 Å². The lowest BCUT2D eigenvalue weighted by molar-refractivity contribution is 0.0940. The minimum absolute atomic E-state index is 0.117. The first-order valence-corrected chi connectivity index (χ1v) is 7.06. The van der Waals surface area contributed by atoms with Crippen molar-refractivity contribution in [1.29, 1.82) is 0 Å². The maximum atomic E-state index is 12.1. The summed E-state index contributed by atoms with van der Waals surface area (Å²) in [5.74, 6) is -0.117. The molecular weight excluding hydrogens is 326 g/mol. The molecule has 4 heteroatoms. The third kappa shape index (κ3) is 3.58. The van der Waals surface area contributed by atoms with Gasteiger partial charge in [0, 0.05) is 15.1 Å². The Bertz CT molecular complexity index is 600. The van der Waals surface area contributed by atoms with Crippen LogP contribution in [0.2, 0.25) is 5.02 Å². The zero-order chi connectivity index (χ0) is 13.8. The quantitative estimate of drug-likeness (QED) is 0.871. The SMILES string of the molecule is CC(NC(=O)c1cccc(Br)c1)c1ccccc1Cl. The molecule has 2 rings (SSSR count). The fraction of sp³-hybridized carbons (Fsp3) is 0.133. The molecule has 1 amide bonds. The van der Waals surface area contributed by atoms with Crippen LogP contribution in [-0.4, -0.2) is 5.91 Å². The van der Waals surface area contributed by atoms with E-state index in [1.54, 1.807) is 12.1 Å². The van der Waals surface area contributed by atoms with Gasteiger partial charge in [0.25, 0.3) is 5.91 Å². The van der Waals surface area contributed by atoms with Gasteiger partial charge in [0.05, 0.1) is 6.04 Å². The molecule has 2 nitrogen and oxygen atoms in total. The van der Waals surface area contributed by atoms with Gasteiger partial charge in [0.15, 0.2) is 0 Å². The monoisotopic (exact) mass is 337 g/mol. The highest BCUT2D eigenvalue weighted by Gasteiger charge is 2.13. The van der Waals surface area contributed by atoms with Crippen molar-refractivity contribution < 1.29 is 4.79 Å². The van der Waals surface area contributed by atoms with Crippen molar-refractivity contribution in [2.75, 3.05) is 0 Å².